The minimum absolute atomic E-state index is 0.0372. The first-order valence-corrected chi connectivity index (χ1v) is 9.93. The number of likely N-dealkylation sites (tertiary alicyclic amines) is 1. The molecule has 2 unspecified atom stereocenters. The number of hydrogen-bond acceptors (Lipinski definition) is 5. The molecule has 1 aromatic heterocycles. The molecule has 1 amide bonds. The highest BCUT2D eigenvalue weighted by molar-refractivity contribution is 7.90. The van der Waals surface area contributed by atoms with Crippen LogP contribution >= 0.6 is 0 Å². The number of nitrogens with zero attached hydrogens (tertiary/aromatic N) is 2. The van der Waals surface area contributed by atoms with Crippen LogP contribution in [0.4, 0.5) is 0 Å². The zero-order chi connectivity index (χ0) is 17.0. The molecule has 1 saturated heterocycles. The van der Waals surface area contributed by atoms with E-state index in [9.17, 15) is 13.2 Å². The summed E-state index contributed by atoms with van der Waals surface area (Å²) in [5, 5.41) is 3.10. The molecule has 1 N–H and O–H groups in total. The number of pyridine rings is 1. The molecule has 0 bridgehead atoms. The summed E-state index contributed by atoms with van der Waals surface area (Å²) in [7, 11) is -2.97. The minimum atomic E-state index is -2.97. The Hall–Kier alpha value is -1.47. The first kappa shape index (κ1) is 17.9. The SMILES string of the molecule is CC(C)C1CN(CCS(C)(=O)=O)CC1NC(=O)c1ccncc1. The number of aromatic nitrogens is 1. The van der Waals surface area contributed by atoms with Gasteiger partial charge in [0.1, 0.15) is 9.84 Å². The van der Waals surface area contributed by atoms with Crippen molar-refractivity contribution in [3.05, 3.63) is 30.1 Å². The lowest BCUT2D eigenvalue weighted by Crippen LogP contribution is -2.42. The lowest BCUT2D eigenvalue weighted by Gasteiger charge is -2.23. The maximum Gasteiger partial charge on any atom is 0.251 e. The molecule has 1 aromatic rings. The molecule has 0 radical (unpaired) electrons. The van der Waals surface area contributed by atoms with Gasteiger partial charge in [-0.25, -0.2) is 8.42 Å². The summed E-state index contributed by atoms with van der Waals surface area (Å²) in [5.74, 6) is 0.789. The Balaban J connectivity index is 2.00. The van der Waals surface area contributed by atoms with Crippen molar-refractivity contribution in [2.75, 3.05) is 31.6 Å². The fourth-order valence-corrected chi connectivity index (χ4v) is 3.56. The van der Waals surface area contributed by atoms with E-state index in [2.05, 4.69) is 29.0 Å². The average Bonchev–Trinajstić information content (AvgIpc) is 2.88. The number of carbonyl (C=O) groups excluding carboxylic acids is 1. The largest absolute Gasteiger partial charge is 0.348 e. The van der Waals surface area contributed by atoms with E-state index in [0.717, 1.165) is 6.54 Å². The standard InChI is InChI=1S/C16H25N3O3S/c1-12(2)14-10-19(8-9-23(3,21)22)11-15(14)18-16(20)13-4-6-17-7-5-13/h4-7,12,14-15H,8-11H2,1-3H3,(H,18,20). The third-order valence-corrected chi connectivity index (χ3v) is 5.26. The molecule has 1 aliphatic heterocycles. The van der Waals surface area contributed by atoms with Crippen molar-refractivity contribution >= 4 is 15.7 Å². The molecule has 0 spiro atoms. The monoisotopic (exact) mass is 339 g/mol. The van der Waals surface area contributed by atoms with E-state index >= 15 is 0 Å². The van der Waals surface area contributed by atoms with Crippen molar-refractivity contribution in [2.24, 2.45) is 11.8 Å². The molecule has 0 aromatic carbocycles. The fraction of sp³-hybridized carbons (Fsp3) is 0.625. The number of rotatable bonds is 6. The molecule has 128 valence electrons. The van der Waals surface area contributed by atoms with Crippen LogP contribution in [0, 0.1) is 11.8 Å². The van der Waals surface area contributed by atoms with Crippen molar-refractivity contribution in [2.45, 2.75) is 19.9 Å². The highest BCUT2D eigenvalue weighted by Gasteiger charge is 2.35. The molecule has 2 rings (SSSR count). The molecule has 23 heavy (non-hydrogen) atoms. The van der Waals surface area contributed by atoms with Crippen LogP contribution in [0.15, 0.2) is 24.5 Å². The van der Waals surface area contributed by atoms with Gasteiger partial charge >= 0.3 is 0 Å². The van der Waals surface area contributed by atoms with E-state index in [4.69, 9.17) is 0 Å². The Morgan fingerprint density at radius 2 is 2.00 bits per heavy atom. The molecule has 0 aliphatic carbocycles. The van der Waals surface area contributed by atoms with Gasteiger partial charge in [0.2, 0.25) is 0 Å². The van der Waals surface area contributed by atoms with Crippen LogP contribution in [0.5, 0.6) is 0 Å². The molecule has 1 fully saturated rings. The lowest BCUT2D eigenvalue weighted by atomic mass is 9.91. The van der Waals surface area contributed by atoms with Gasteiger partial charge in [-0.1, -0.05) is 13.8 Å². The van der Waals surface area contributed by atoms with E-state index in [1.165, 1.54) is 6.26 Å². The molecule has 1 aliphatic rings. The van der Waals surface area contributed by atoms with E-state index in [0.29, 0.717) is 30.5 Å². The van der Waals surface area contributed by atoms with Crippen molar-refractivity contribution in [1.82, 2.24) is 15.2 Å². The van der Waals surface area contributed by atoms with Crippen LogP contribution in [0.3, 0.4) is 0 Å². The van der Waals surface area contributed by atoms with E-state index in [-0.39, 0.29) is 17.7 Å². The van der Waals surface area contributed by atoms with Crippen molar-refractivity contribution in [1.29, 1.82) is 0 Å². The summed E-state index contributed by atoms with van der Waals surface area (Å²) in [6.07, 6.45) is 4.45. The maximum absolute atomic E-state index is 12.3. The minimum Gasteiger partial charge on any atom is -0.348 e. The summed E-state index contributed by atoms with van der Waals surface area (Å²) in [6.45, 7) is 6.29. The molecule has 0 saturated carbocycles. The summed E-state index contributed by atoms with van der Waals surface area (Å²) < 4.78 is 22.7. The Kier molecular flexibility index (Phi) is 5.75. The van der Waals surface area contributed by atoms with Gasteiger partial charge in [-0.15, -0.1) is 0 Å². The van der Waals surface area contributed by atoms with Gasteiger partial charge in [0.05, 0.1) is 5.75 Å². The molecule has 6 nitrogen and oxygen atoms in total. The second-order valence-corrected chi connectivity index (χ2v) is 8.87. The number of sulfone groups is 1. The zero-order valence-corrected chi connectivity index (χ0v) is 14.7. The van der Waals surface area contributed by atoms with Gasteiger partial charge < -0.3 is 5.32 Å². The van der Waals surface area contributed by atoms with Crippen LogP contribution in [0.1, 0.15) is 24.2 Å². The van der Waals surface area contributed by atoms with Crippen molar-refractivity contribution in [3.8, 4) is 0 Å². The Morgan fingerprint density at radius 1 is 1.35 bits per heavy atom. The zero-order valence-electron chi connectivity index (χ0n) is 13.9. The third-order valence-electron chi connectivity index (χ3n) is 4.33. The fourth-order valence-electron chi connectivity index (χ4n) is 2.97. The topological polar surface area (TPSA) is 79.4 Å². The first-order chi connectivity index (χ1) is 10.8. The Labute approximate surface area is 138 Å². The molecule has 7 heteroatoms. The van der Waals surface area contributed by atoms with Crippen LogP contribution in [-0.4, -0.2) is 61.9 Å². The third kappa shape index (κ3) is 5.28. The van der Waals surface area contributed by atoms with Crippen LogP contribution in [0.25, 0.3) is 0 Å². The second kappa shape index (κ2) is 7.40. The maximum atomic E-state index is 12.3. The highest BCUT2D eigenvalue weighted by atomic mass is 32.2. The predicted molar refractivity (Wildman–Crippen MR) is 90.0 cm³/mol. The lowest BCUT2D eigenvalue weighted by molar-refractivity contribution is 0.0925. The van der Waals surface area contributed by atoms with Crippen LogP contribution < -0.4 is 5.32 Å². The predicted octanol–water partition coefficient (Wildman–Crippen LogP) is 0.812. The number of hydrogen-bond donors (Lipinski definition) is 1. The van der Waals surface area contributed by atoms with E-state index in [1.54, 1.807) is 24.5 Å². The smallest absolute Gasteiger partial charge is 0.251 e. The molecule has 2 heterocycles. The molecule has 2 atom stereocenters. The van der Waals surface area contributed by atoms with Gasteiger partial charge in [0, 0.05) is 49.9 Å². The van der Waals surface area contributed by atoms with Gasteiger partial charge in [-0.05, 0) is 24.0 Å². The molecular weight excluding hydrogens is 314 g/mol. The van der Waals surface area contributed by atoms with Crippen LogP contribution in [0.2, 0.25) is 0 Å². The number of amides is 1. The number of nitrogens with one attached hydrogen (secondary N) is 1. The Morgan fingerprint density at radius 3 is 2.57 bits per heavy atom. The normalized spacial score (nSPS) is 22.4. The van der Waals surface area contributed by atoms with Crippen LogP contribution in [-0.2, 0) is 9.84 Å². The summed E-state index contributed by atoms with van der Waals surface area (Å²) in [5.41, 5.74) is 0.595. The summed E-state index contributed by atoms with van der Waals surface area (Å²) >= 11 is 0. The van der Waals surface area contributed by atoms with Crippen molar-refractivity contribution in [3.63, 3.8) is 0 Å². The van der Waals surface area contributed by atoms with Crippen molar-refractivity contribution < 1.29 is 13.2 Å². The van der Waals surface area contributed by atoms with Gasteiger partial charge in [-0.2, -0.15) is 0 Å². The van der Waals surface area contributed by atoms with E-state index in [1.807, 2.05) is 0 Å². The van der Waals surface area contributed by atoms with Gasteiger partial charge in [0.25, 0.3) is 5.91 Å². The van der Waals surface area contributed by atoms with Gasteiger partial charge in [-0.3, -0.25) is 14.7 Å². The second-order valence-electron chi connectivity index (χ2n) is 6.61. The quantitative estimate of drug-likeness (QED) is 0.830. The summed E-state index contributed by atoms with van der Waals surface area (Å²) in [4.78, 5) is 18.4. The first-order valence-electron chi connectivity index (χ1n) is 7.87. The average molecular weight is 339 g/mol. The summed E-state index contributed by atoms with van der Waals surface area (Å²) in [6, 6.07) is 3.42. The van der Waals surface area contributed by atoms with E-state index < -0.39 is 9.84 Å². The molecular formula is C16H25N3O3S. The van der Waals surface area contributed by atoms with Gasteiger partial charge in [0.15, 0.2) is 0 Å². The highest BCUT2D eigenvalue weighted by Crippen LogP contribution is 2.24. The number of carbonyl (C=O) groups is 1. The Bertz CT molecular complexity index is 631.